The lowest BCUT2D eigenvalue weighted by atomic mass is 9.85. The molecule has 0 amide bonds. The Balaban J connectivity index is 1.52. The third kappa shape index (κ3) is 4.79. The Kier molecular flexibility index (Phi) is 6.81. The van der Waals surface area contributed by atoms with Crippen LogP contribution >= 0.6 is 0 Å². The highest BCUT2D eigenvalue weighted by Gasteiger charge is 2.37. The van der Waals surface area contributed by atoms with Crippen LogP contribution in [-0.4, -0.2) is 38.9 Å². The normalized spacial score (nSPS) is 17.0. The standard InChI is InChI=1S/C27H30N4O4/c1-2-34-23-16-19(13-14-22(23)35-17-18-8-4-3-5-9-18)26-25-20(10-6-11-21(25)33)28-27-29-24(12-7-15-32)30-31(26)27/h3-5,8-9,13-14,16,26,32H,2,6-7,10-12,15,17H2,1H3,(H,28,29,30). The first kappa shape index (κ1) is 23.1. The molecular weight excluding hydrogens is 444 g/mol. The minimum atomic E-state index is -0.396. The van der Waals surface area contributed by atoms with Crippen molar-refractivity contribution >= 4 is 11.7 Å². The molecule has 1 aromatic heterocycles. The maximum absolute atomic E-state index is 13.1. The number of allylic oxidation sites excluding steroid dienone is 2. The summed E-state index contributed by atoms with van der Waals surface area (Å²) in [5.74, 6) is 2.68. The Morgan fingerprint density at radius 2 is 1.97 bits per heavy atom. The first-order valence-electron chi connectivity index (χ1n) is 12.2. The summed E-state index contributed by atoms with van der Waals surface area (Å²) < 4.78 is 13.8. The van der Waals surface area contributed by atoms with Crippen LogP contribution in [0.4, 0.5) is 5.95 Å². The zero-order chi connectivity index (χ0) is 24.2. The predicted molar refractivity (Wildman–Crippen MR) is 131 cm³/mol. The first-order chi connectivity index (χ1) is 17.2. The van der Waals surface area contributed by atoms with Crippen LogP contribution in [0.2, 0.25) is 0 Å². The van der Waals surface area contributed by atoms with Crippen molar-refractivity contribution in [1.29, 1.82) is 0 Å². The van der Waals surface area contributed by atoms with E-state index in [1.807, 2.05) is 55.5 Å². The van der Waals surface area contributed by atoms with Crippen LogP contribution in [0.15, 0.2) is 59.8 Å². The Hall–Kier alpha value is -3.65. The van der Waals surface area contributed by atoms with E-state index < -0.39 is 6.04 Å². The molecule has 0 radical (unpaired) electrons. The van der Waals surface area contributed by atoms with E-state index >= 15 is 0 Å². The van der Waals surface area contributed by atoms with Crippen LogP contribution < -0.4 is 14.8 Å². The van der Waals surface area contributed by atoms with Gasteiger partial charge >= 0.3 is 0 Å². The van der Waals surface area contributed by atoms with Crippen molar-refractivity contribution in [2.45, 2.75) is 51.7 Å². The number of nitrogens with zero attached hydrogens (tertiary/aromatic N) is 3. The second-order valence-electron chi connectivity index (χ2n) is 8.73. The number of Topliss-reactive ketones (excluding diaryl/α,β-unsaturated/α-hetero) is 1. The molecule has 1 unspecified atom stereocenters. The van der Waals surface area contributed by atoms with Gasteiger partial charge in [0.25, 0.3) is 0 Å². The number of rotatable bonds is 9. The third-order valence-corrected chi connectivity index (χ3v) is 6.29. The molecule has 1 atom stereocenters. The lowest BCUT2D eigenvalue weighted by molar-refractivity contribution is -0.116. The number of carbonyl (C=O) groups is 1. The second-order valence-corrected chi connectivity index (χ2v) is 8.73. The number of benzene rings is 2. The number of hydrogen-bond donors (Lipinski definition) is 2. The Morgan fingerprint density at radius 3 is 2.77 bits per heavy atom. The van der Waals surface area contributed by atoms with Gasteiger partial charge in [-0.3, -0.25) is 4.79 Å². The summed E-state index contributed by atoms with van der Waals surface area (Å²) in [6.45, 7) is 2.94. The SMILES string of the molecule is CCOc1cc(C2C3=C(CCCC3=O)Nc3nc(CCCO)nn32)ccc1OCc1ccccc1. The maximum atomic E-state index is 13.1. The quantitative estimate of drug-likeness (QED) is 0.480. The summed E-state index contributed by atoms with van der Waals surface area (Å²) in [7, 11) is 0. The number of aliphatic hydroxyl groups excluding tert-OH is 1. The van der Waals surface area contributed by atoms with Crippen molar-refractivity contribution in [2.24, 2.45) is 0 Å². The number of carbonyl (C=O) groups excluding carboxylic acids is 1. The molecule has 182 valence electrons. The van der Waals surface area contributed by atoms with Crippen LogP contribution in [0.25, 0.3) is 0 Å². The number of anilines is 1. The molecule has 5 rings (SSSR count). The molecule has 2 aromatic carbocycles. The highest BCUT2D eigenvalue weighted by atomic mass is 16.5. The molecular formula is C27H30N4O4. The van der Waals surface area contributed by atoms with E-state index in [2.05, 4.69) is 10.3 Å². The first-order valence-corrected chi connectivity index (χ1v) is 12.2. The van der Waals surface area contributed by atoms with Crippen molar-refractivity contribution < 1.29 is 19.4 Å². The van der Waals surface area contributed by atoms with Gasteiger partial charge in [0.05, 0.1) is 6.61 Å². The van der Waals surface area contributed by atoms with E-state index in [9.17, 15) is 9.90 Å². The van der Waals surface area contributed by atoms with Crippen LogP contribution in [0, 0.1) is 0 Å². The zero-order valence-electron chi connectivity index (χ0n) is 19.9. The maximum Gasteiger partial charge on any atom is 0.226 e. The molecule has 2 heterocycles. The number of aryl methyl sites for hydroxylation is 1. The van der Waals surface area contributed by atoms with Crippen molar-refractivity contribution in [3.05, 3.63) is 76.8 Å². The number of aliphatic hydroxyl groups is 1. The summed E-state index contributed by atoms with van der Waals surface area (Å²) >= 11 is 0. The molecule has 1 aliphatic carbocycles. The van der Waals surface area contributed by atoms with Gasteiger partial charge in [0.15, 0.2) is 23.1 Å². The predicted octanol–water partition coefficient (Wildman–Crippen LogP) is 4.20. The number of ether oxygens (including phenoxy) is 2. The third-order valence-electron chi connectivity index (χ3n) is 6.29. The summed E-state index contributed by atoms with van der Waals surface area (Å²) in [6, 6.07) is 15.4. The number of hydrogen-bond acceptors (Lipinski definition) is 7. The topological polar surface area (TPSA) is 98.5 Å². The molecule has 0 bridgehead atoms. The van der Waals surface area contributed by atoms with E-state index in [4.69, 9.17) is 14.6 Å². The van der Waals surface area contributed by atoms with E-state index in [0.29, 0.717) is 55.7 Å². The van der Waals surface area contributed by atoms with E-state index in [-0.39, 0.29) is 12.4 Å². The van der Waals surface area contributed by atoms with Crippen LogP contribution in [0.1, 0.15) is 55.6 Å². The molecule has 1 aliphatic heterocycles. The summed E-state index contributed by atoms with van der Waals surface area (Å²) in [6.07, 6.45) is 3.30. The second kappa shape index (κ2) is 10.3. The number of ketones is 1. The van der Waals surface area contributed by atoms with Gasteiger partial charge in [0.1, 0.15) is 12.6 Å². The van der Waals surface area contributed by atoms with Gasteiger partial charge < -0.3 is 19.9 Å². The smallest absolute Gasteiger partial charge is 0.226 e. The lowest BCUT2D eigenvalue weighted by Gasteiger charge is -2.32. The molecule has 2 aliphatic rings. The summed E-state index contributed by atoms with van der Waals surface area (Å²) in [4.78, 5) is 17.7. The van der Waals surface area contributed by atoms with Gasteiger partial charge in [0, 0.05) is 30.7 Å². The molecule has 8 nitrogen and oxygen atoms in total. The monoisotopic (exact) mass is 474 g/mol. The summed E-state index contributed by atoms with van der Waals surface area (Å²) in [5, 5.41) is 17.3. The molecule has 0 fully saturated rings. The Morgan fingerprint density at radius 1 is 1.11 bits per heavy atom. The van der Waals surface area contributed by atoms with E-state index in [0.717, 1.165) is 35.2 Å². The largest absolute Gasteiger partial charge is 0.490 e. The molecule has 8 heteroatoms. The minimum absolute atomic E-state index is 0.0795. The Bertz CT molecular complexity index is 1240. The average molecular weight is 475 g/mol. The fraction of sp³-hybridized carbons (Fsp3) is 0.370. The van der Waals surface area contributed by atoms with E-state index in [1.54, 1.807) is 4.68 Å². The molecule has 35 heavy (non-hydrogen) atoms. The van der Waals surface area contributed by atoms with Crippen LogP contribution in [-0.2, 0) is 17.8 Å². The van der Waals surface area contributed by atoms with Crippen molar-refractivity contribution in [3.8, 4) is 11.5 Å². The van der Waals surface area contributed by atoms with Gasteiger partial charge in [-0.15, -0.1) is 0 Å². The zero-order valence-corrected chi connectivity index (χ0v) is 19.9. The van der Waals surface area contributed by atoms with Crippen molar-refractivity contribution in [1.82, 2.24) is 14.8 Å². The molecule has 3 aromatic rings. The summed E-state index contributed by atoms with van der Waals surface area (Å²) in [5.41, 5.74) is 3.62. The van der Waals surface area contributed by atoms with Crippen molar-refractivity contribution in [3.63, 3.8) is 0 Å². The molecule has 0 saturated heterocycles. The minimum Gasteiger partial charge on any atom is -0.490 e. The number of nitrogens with one attached hydrogen (secondary N) is 1. The number of fused-ring (bicyclic) bond motifs is 1. The van der Waals surface area contributed by atoms with Gasteiger partial charge in [-0.05, 0) is 49.4 Å². The highest BCUT2D eigenvalue weighted by molar-refractivity contribution is 5.99. The van der Waals surface area contributed by atoms with Gasteiger partial charge in [-0.25, -0.2) is 4.68 Å². The Labute approximate surface area is 204 Å². The van der Waals surface area contributed by atoms with Gasteiger partial charge in [0.2, 0.25) is 5.95 Å². The highest BCUT2D eigenvalue weighted by Crippen LogP contribution is 2.42. The van der Waals surface area contributed by atoms with Crippen LogP contribution in [0.5, 0.6) is 11.5 Å². The fourth-order valence-corrected chi connectivity index (χ4v) is 4.67. The van der Waals surface area contributed by atoms with Crippen LogP contribution in [0.3, 0.4) is 0 Å². The molecule has 0 spiro atoms. The van der Waals surface area contributed by atoms with Gasteiger partial charge in [-0.2, -0.15) is 10.1 Å². The average Bonchev–Trinajstić information content (AvgIpc) is 3.29. The van der Waals surface area contributed by atoms with E-state index in [1.165, 1.54) is 0 Å². The lowest BCUT2D eigenvalue weighted by Crippen LogP contribution is -2.31. The fourth-order valence-electron chi connectivity index (χ4n) is 4.67. The molecule has 0 saturated carbocycles. The van der Waals surface area contributed by atoms with Gasteiger partial charge in [-0.1, -0.05) is 36.4 Å². The number of aromatic nitrogens is 3. The van der Waals surface area contributed by atoms with Crippen molar-refractivity contribution in [2.75, 3.05) is 18.5 Å². The molecule has 2 N–H and O–H groups in total.